The third-order valence-electron chi connectivity index (χ3n) is 1.70. The number of rotatable bonds is 3. The fraction of sp³-hybridized carbons (Fsp3) is 0.125. The van der Waals surface area contributed by atoms with Gasteiger partial charge in [-0.2, -0.15) is 4.39 Å². The number of benzene rings is 1. The van der Waals surface area contributed by atoms with Crippen LogP contribution in [-0.2, 0) is 0 Å². The second-order valence-electron chi connectivity index (χ2n) is 2.54. The fourth-order valence-electron chi connectivity index (χ4n) is 1.09. The van der Waals surface area contributed by atoms with Crippen LogP contribution < -0.4 is 4.74 Å². The number of methoxy groups -OCH3 is 1. The lowest BCUT2D eigenvalue weighted by atomic mass is 10.1. The number of nitro benzene ring substituents is 1. The SMILES string of the molecule is COc1c(C(=O)O)ccc(F)c1[N+](=O)[O-]. The molecule has 0 aliphatic carbocycles. The molecule has 0 heterocycles. The summed E-state index contributed by atoms with van der Waals surface area (Å²) >= 11 is 0. The molecule has 0 fully saturated rings. The molecule has 0 aliphatic rings. The highest BCUT2D eigenvalue weighted by Gasteiger charge is 2.27. The molecule has 0 bridgehead atoms. The lowest BCUT2D eigenvalue weighted by Crippen LogP contribution is -2.05. The van der Waals surface area contributed by atoms with Crippen LogP contribution in [0.25, 0.3) is 0 Å². The Morgan fingerprint density at radius 2 is 2.20 bits per heavy atom. The Hall–Kier alpha value is -2.18. The molecule has 1 N–H and O–H groups in total. The molecule has 7 heteroatoms. The number of nitrogens with zero attached hydrogens (tertiary/aromatic N) is 1. The third-order valence-corrected chi connectivity index (χ3v) is 1.70. The molecule has 0 unspecified atom stereocenters. The minimum atomic E-state index is -1.42. The molecule has 6 nitrogen and oxygen atoms in total. The highest BCUT2D eigenvalue weighted by atomic mass is 19.1. The van der Waals surface area contributed by atoms with E-state index >= 15 is 0 Å². The summed E-state index contributed by atoms with van der Waals surface area (Å²) in [4.78, 5) is 20.1. The number of carboxylic acid groups (broad SMARTS) is 1. The molecule has 0 radical (unpaired) electrons. The molecular weight excluding hydrogens is 209 g/mol. The van der Waals surface area contributed by atoms with E-state index in [2.05, 4.69) is 4.74 Å². The number of halogens is 1. The van der Waals surface area contributed by atoms with Gasteiger partial charge in [0.2, 0.25) is 11.6 Å². The van der Waals surface area contributed by atoms with Crippen molar-refractivity contribution in [2.75, 3.05) is 7.11 Å². The van der Waals surface area contributed by atoms with Crippen LogP contribution in [0.4, 0.5) is 10.1 Å². The molecule has 15 heavy (non-hydrogen) atoms. The van der Waals surface area contributed by atoms with Crippen molar-refractivity contribution in [2.24, 2.45) is 0 Å². The molecule has 0 atom stereocenters. The van der Waals surface area contributed by atoms with Crippen molar-refractivity contribution in [3.8, 4) is 5.75 Å². The van der Waals surface area contributed by atoms with Gasteiger partial charge in [0, 0.05) is 0 Å². The quantitative estimate of drug-likeness (QED) is 0.608. The number of hydrogen-bond acceptors (Lipinski definition) is 4. The van der Waals surface area contributed by atoms with Crippen molar-refractivity contribution in [2.45, 2.75) is 0 Å². The zero-order valence-corrected chi connectivity index (χ0v) is 7.56. The first-order valence-electron chi connectivity index (χ1n) is 3.73. The van der Waals surface area contributed by atoms with Gasteiger partial charge >= 0.3 is 11.7 Å². The van der Waals surface area contributed by atoms with Gasteiger partial charge in [-0.15, -0.1) is 0 Å². The third kappa shape index (κ3) is 1.85. The lowest BCUT2D eigenvalue weighted by Gasteiger charge is -2.05. The Morgan fingerprint density at radius 1 is 1.60 bits per heavy atom. The van der Waals surface area contributed by atoms with Crippen LogP contribution in [0.2, 0.25) is 0 Å². The molecule has 1 aromatic carbocycles. The van der Waals surface area contributed by atoms with E-state index in [1.54, 1.807) is 0 Å². The zero-order valence-electron chi connectivity index (χ0n) is 7.56. The topological polar surface area (TPSA) is 89.7 Å². The summed E-state index contributed by atoms with van der Waals surface area (Å²) in [6, 6.07) is 1.62. The highest BCUT2D eigenvalue weighted by molar-refractivity contribution is 5.92. The van der Waals surface area contributed by atoms with E-state index in [0.717, 1.165) is 13.2 Å². The number of aromatic carboxylic acids is 1. The number of nitro groups is 1. The molecule has 0 saturated carbocycles. The lowest BCUT2D eigenvalue weighted by molar-refractivity contribution is -0.388. The molecule has 0 saturated heterocycles. The van der Waals surface area contributed by atoms with E-state index in [0.29, 0.717) is 6.07 Å². The molecule has 80 valence electrons. The van der Waals surface area contributed by atoms with Gasteiger partial charge in [-0.3, -0.25) is 10.1 Å². The number of ether oxygens (including phenoxy) is 1. The van der Waals surface area contributed by atoms with Crippen molar-refractivity contribution in [1.82, 2.24) is 0 Å². The average molecular weight is 215 g/mol. The van der Waals surface area contributed by atoms with Crippen molar-refractivity contribution >= 4 is 11.7 Å². The van der Waals surface area contributed by atoms with E-state index in [1.165, 1.54) is 0 Å². The van der Waals surface area contributed by atoms with Crippen LogP contribution in [0.15, 0.2) is 12.1 Å². The number of carbonyl (C=O) groups is 1. The zero-order chi connectivity index (χ0) is 11.6. The fourth-order valence-corrected chi connectivity index (χ4v) is 1.09. The first kappa shape index (κ1) is 10.9. The minimum Gasteiger partial charge on any atom is -0.489 e. The standard InChI is InChI=1S/C8H6FNO5/c1-15-7-4(8(11)12)2-3-5(9)6(7)10(13)14/h2-3H,1H3,(H,11,12). The van der Waals surface area contributed by atoms with Crippen LogP contribution in [0.5, 0.6) is 5.75 Å². The van der Waals surface area contributed by atoms with Crippen molar-refractivity contribution in [3.05, 3.63) is 33.6 Å². The summed E-state index contributed by atoms with van der Waals surface area (Å²) in [7, 11) is 1.04. The normalized spacial score (nSPS) is 9.73. The summed E-state index contributed by atoms with van der Waals surface area (Å²) in [6.45, 7) is 0. The van der Waals surface area contributed by atoms with Crippen LogP contribution >= 0.6 is 0 Å². The van der Waals surface area contributed by atoms with Crippen LogP contribution in [0.1, 0.15) is 10.4 Å². The first-order valence-corrected chi connectivity index (χ1v) is 3.73. The van der Waals surface area contributed by atoms with Crippen molar-refractivity contribution in [1.29, 1.82) is 0 Å². The maximum Gasteiger partial charge on any atom is 0.347 e. The van der Waals surface area contributed by atoms with Gasteiger partial charge in [-0.1, -0.05) is 0 Å². The number of carboxylic acids is 1. The van der Waals surface area contributed by atoms with Crippen LogP contribution in [0, 0.1) is 15.9 Å². The Bertz CT molecular complexity index is 431. The highest BCUT2D eigenvalue weighted by Crippen LogP contribution is 2.33. The largest absolute Gasteiger partial charge is 0.489 e. The van der Waals surface area contributed by atoms with E-state index in [9.17, 15) is 19.3 Å². The molecule has 0 amide bonds. The molecule has 1 rings (SSSR count). The molecule has 0 spiro atoms. The minimum absolute atomic E-state index is 0.453. The van der Waals surface area contributed by atoms with Crippen LogP contribution in [-0.4, -0.2) is 23.1 Å². The Balaban J connectivity index is 3.54. The van der Waals surface area contributed by atoms with Gasteiger partial charge in [-0.05, 0) is 12.1 Å². The monoisotopic (exact) mass is 215 g/mol. The summed E-state index contributed by atoms with van der Waals surface area (Å²) in [6.07, 6.45) is 0. The predicted octanol–water partition coefficient (Wildman–Crippen LogP) is 1.44. The summed E-state index contributed by atoms with van der Waals surface area (Å²) < 4.78 is 17.5. The predicted molar refractivity (Wildman–Crippen MR) is 46.6 cm³/mol. The van der Waals surface area contributed by atoms with Gasteiger partial charge in [0.05, 0.1) is 12.0 Å². The summed E-state index contributed by atoms with van der Waals surface area (Å²) in [5.41, 5.74) is -1.43. The second-order valence-corrected chi connectivity index (χ2v) is 2.54. The summed E-state index contributed by atoms with van der Waals surface area (Å²) in [5, 5.41) is 19.1. The van der Waals surface area contributed by atoms with Gasteiger partial charge in [-0.25, -0.2) is 4.79 Å². The van der Waals surface area contributed by atoms with Gasteiger partial charge in [0.15, 0.2) is 0 Å². The molecule has 0 aliphatic heterocycles. The van der Waals surface area contributed by atoms with Crippen LogP contribution in [0.3, 0.4) is 0 Å². The average Bonchev–Trinajstić information content (AvgIpc) is 2.15. The number of hydrogen-bond donors (Lipinski definition) is 1. The molecule has 0 aromatic heterocycles. The smallest absolute Gasteiger partial charge is 0.347 e. The van der Waals surface area contributed by atoms with Crippen molar-refractivity contribution < 1.29 is 24.0 Å². The van der Waals surface area contributed by atoms with Gasteiger partial charge in [0.1, 0.15) is 5.56 Å². The second kappa shape index (κ2) is 3.91. The molecule has 1 aromatic rings. The Labute approximate surface area is 83.0 Å². The van der Waals surface area contributed by atoms with Gasteiger partial charge in [0.25, 0.3) is 0 Å². The molecular formula is C8H6FNO5. The first-order chi connectivity index (χ1) is 6.99. The maximum atomic E-state index is 13.0. The Kier molecular flexibility index (Phi) is 2.84. The summed E-state index contributed by atoms with van der Waals surface area (Å²) in [5.74, 6) is -3.15. The Morgan fingerprint density at radius 3 is 2.60 bits per heavy atom. The van der Waals surface area contributed by atoms with E-state index < -0.39 is 33.7 Å². The van der Waals surface area contributed by atoms with Gasteiger partial charge < -0.3 is 9.84 Å². The van der Waals surface area contributed by atoms with E-state index in [4.69, 9.17) is 5.11 Å². The maximum absolute atomic E-state index is 13.0. The van der Waals surface area contributed by atoms with Crippen molar-refractivity contribution in [3.63, 3.8) is 0 Å². The van der Waals surface area contributed by atoms with E-state index in [-0.39, 0.29) is 0 Å². The van der Waals surface area contributed by atoms with E-state index in [1.807, 2.05) is 0 Å².